The zero-order valence-electron chi connectivity index (χ0n) is 36.9. The van der Waals surface area contributed by atoms with E-state index in [2.05, 4.69) is 0 Å². The van der Waals surface area contributed by atoms with Crippen LogP contribution in [0.3, 0.4) is 0 Å². The van der Waals surface area contributed by atoms with Crippen molar-refractivity contribution in [3.63, 3.8) is 0 Å². The Morgan fingerprint density at radius 3 is 0.333 bits per heavy atom. The summed E-state index contributed by atoms with van der Waals surface area (Å²) in [6.45, 7) is 19.9. The van der Waals surface area contributed by atoms with Gasteiger partial charge in [-0.2, -0.15) is 0 Å². The Morgan fingerprint density at radius 1 is 0.211 bits per heavy atom. The van der Waals surface area contributed by atoms with Gasteiger partial charge >= 0.3 is 0 Å². The molecular weight excluding hydrogens is 822 g/mol. The molecule has 15 nitrogen and oxygen atoms in total. The Bertz CT molecular complexity index is 517. The van der Waals surface area contributed by atoms with E-state index in [4.69, 9.17) is 23.7 Å². The van der Waals surface area contributed by atoms with Crippen LogP contribution in [-0.2, 0) is 60.8 Å². The quantitative estimate of drug-likeness (QED) is 0.0674. The van der Waals surface area contributed by atoms with Crippen LogP contribution >= 0.6 is 0 Å². The van der Waals surface area contributed by atoms with E-state index in [0.717, 1.165) is 0 Å². The third-order valence-electron chi connectivity index (χ3n) is 7.59. The van der Waals surface area contributed by atoms with Gasteiger partial charge in [0.1, 0.15) is 0 Å². The largest absolute Gasteiger partial charge is 0.850 e. The fourth-order valence-electron chi connectivity index (χ4n) is 2.83. The van der Waals surface area contributed by atoms with Crippen LogP contribution in [0.2, 0.25) is 0 Å². The van der Waals surface area contributed by atoms with Crippen molar-refractivity contribution in [2.75, 3.05) is 66.1 Å². The predicted octanol–water partition coefficient (Wildman–Crippen LogP) is -3.60. The molecule has 0 aliphatic rings. The minimum atomic E-state index is -0.668. The predicted molar refractivity (Wildman–Crippen MR) is 195 cm³/mol. The van der Waals surface area contributed by atoms with Gasteiger partial charge in [-0.3, -0.25) is 0 Å². The molecule has 10 atom stereocenters. The third kappa shape index (κ3) is 65.9. The van der Waals surface area contributed by atoms with E-state index in [9.17, 15) is 51.1 Å². The van der Waals surface area contributed by atoms with E-state index < -0.39 is 61.0 Å². The maximum Gasteiger partial charge on any atom is 0.0340 e. The molecule has 17 heteroatoms. The van der Waals surface area contributed by atoms with E-state index in [1.165, 1.54) is 0 Å². The van der Waals surface area contributed by atoms with Crippen molar-refractivity contribution in [3.8, 4) is 0 Å². The molecule has 0 saturated carbocycles. The van der Waals surface area contributed by atoms with Gasteiger partial charge in [-0.15, -0.1) is 61.0 Å². The third-order valence-corrected chi connectivity index (χ3v) is 7.59. The molecule has 0 aromatic heterocycles. The summed E-state index contributed by atoms with van der Waals surface area (Å²) >= 11 is 0. The summed E-state index contributed by atoms with van der Waals surface area (Å²) in [5.74, 6) is 0. The number of hydrogen-bond acceptors (Lipinski definition) is 15. The second kappa shape index (κ2) is 56.6. The first-order valence-electron chi connectivity index (χ1n) is 20.5. The molecule has 0 bridgehead atoms. The maximum atomic E-state index is 10.7. The first-order valence-corrected chi connectivity index (χ1v) is 20.5. The zero-order chi connectivity index (χ0) is 43.5. The van der Waals surface area contributed by atoms with E-state index >= 15 is 0 Å². The molecule has 0 amide bonds. The van der Waals surface area contributed by atoms with Gasteiger partial charge in [-0.05, 0) is 0 Å². The first-order chi connectivity index (χ1) is 26.0. The van der Waals surface area contributed by atoms with Gasteiger partial charge in [0.2, 0.25) is 0 Å². The molecule has 0 N–H and O–H groups in total. The fourth-order valence-corrected chi connectivity index (χ4v) is 2.83. The number of ether oxygens (including phenoxy) is 5. The first kappa shape index (κ1) is 72.0. The number of hydrogen-bond donors (Lipinski definition) is 0. The Kier molecular flexibility index (Phi) is 71.5. The summed E-state index contributed by atoms with van der Waals surface area (Å²) in [5, 5.41) is 107. The van der Waals surface area contributed by atoms with Crippen molar-refractivity contribution in [2.45, 2.75) is 194 Å². The molecule has 0 rings (SSSR count). The molecule has 2 radical (unpaired) electrons. The van der Waals surface area contributed by atoms with Gasteiger partial charge < -0.3 is 74.7 Å². The molecule has 57 heavy (non-hydrogen) atoms. The molecule has 0 aromatic carbocycles. The Balaban J connectivity index is -0.000000109. The fraction of sp³-hybridized carbons (Fsp3) is 1.00. The summed E-state index contributed by atoms with van der Waals surface area (Å²) in [7, 11) is 0. The molecule has 0 aliphatic carbocycles. The number of rotatable bonds is 30. The van der Waals surface area contributed by atoms with Crippen molar-refractivity contribution < 1.29 is 112 Å². The average Bonchev–Trinajstić information content (AvgIpc) is 3.20. The summed E-state index contributed by atoms with van der Waals surface area (Å²) in [4.78, 5) is 0. The summed E-state index contributed by atoms with van der Waals surface area (Å²) in [5.41, 5.74) is 0. The molecular formula is C40H80O15V2-10. The van der Waals surface area contributed by atoms with Gasteiger partial charge in [0.25, 0.3) is 0 Å². The van der Waals surface area contributed by atoms with Gasteiger partial charge in [-0.25, -0.2) is 0 Å². The molecule has 0 saturated heterocycles. The second-order valence-electron chi connectivity index (χ2n) is 13.0. The average molecular weight is 903 g/mol. The Hall–Kier alpha value is 0.569. The van der Waals surface area contributed by atoms with Crippen LogP contribution in [-0.4, -0.2) is 127 Å². The minimum absolute atomic E-state index is 0. The molecule has 0 spiro atoms. The molecule has 0 aromatic rings. The van der Waals surface area contributed by atoms with Crippen LogP contribution in [0.25, 0.3) is 0 Å². The Labute approximate surface area is 371 Å². The van der Waals surface area contributed by atoms with E-state index in [0.29, 0.717) is 64.2 Å². The van der Waals surface area contributed by atoms with Gasteiger partial charge in [0, 0.05) is 103 Å². The minimum Gasteiger partial charge on any atom is -0.850 e. The van der Waals surface area contributed by atoms with Gasteiger partial charge in [-0.1, -0.05) is 133 Å². The van der Waals surface area contributed by atoms with Crippen molar-refractivity contribution >= 4 is 0 Å². The van der Waals surface area contributed by atoms with Crippen LogP contribution in [0.15, 0.2) is 0 Å². The summed E-state index contributed by atoms with van der Waals surface area (Å²) < 4.78 is 24.6. The summed E-state index contributed by atoms with van der Waals surface area (Å²) in [6.07, 6.45) is -1.02. The van der Waals surface area contributed by atoms with Crippen LogP contribution < -0.4 is 51.1 Å². The van der Waals surface area contributed by atoms with Crippen LogP contribution in [0.5, 0.6) is 0 Å². The topological polar surface area (TPSA) is 277 Å². The molecule has 0 heterocycles. The molecule has 0 aliphatic heterocycles. The van der Waals surface area contributed by atoms with Crippen LogP contribution in [0.4, 0.5) is 0 Å². The van der Waals surface area contributed by atoms with E-state index in [1.807, 2.05) is 69.2 Å². The van der Waals surface area contributed by atoms with Gasteiger partial charge in [0.05, 0.1) is 0 Å². The van der Waals surface area contributed by atoms with Crippen LogP contribution in [0, 0.1) is 0 Å². The standard InChI is InChI=1S/5C8H16O3.2V/c5*1-3-7(9)5-11-6-8(10)4-2;;/h5*7-8H,3-6H2,1-2H3;;/q5*-2;;. The van der Waals surface area contributed by atoms with E-state index in [-0.39, 0.29) is 103 Å². The van der Waals surface area contributed by atoms with Crippen molar-refractivity contribution in [1.29, 1.82) is 0 Å². The van der Waals surface area contributed by atoms with E-state index in [1.54, 1.807) is 0 Å². The SMILES string of the molecule is CCC([O-])COCC([O-])CC.CCC([O-])COCC([O-])CC.CCC([O-])COCC([O-])CC.CCC([O-])COCC([O-])CC.CCC([O-])COCC([O-])CC.[V].[V]. The second-order valence-corrected chi connectivity index (χ2v) is 13.0. The van der Waals surface area contributed by atoms with Crippen LogP contribution in [0.1, 0.15) is 133 Å². The molecule has 10 unspecified atom stereocenters. The zero-order valence-corrected chi connectivity index (χ0v) is 39.7. The monoisotopic (exact) mass is 902 g/mol. The van der Waals surface area contributed by atoms with Gasteiger partial charge in [0.15, 0.2) is 0 Å². The molecule has 350 valence electrons. The van der Waals surface area contributed by atoms with Crippen molar-refractivity contribution in [2.24, 2.45) is 0 Å². The van der Waals surface area contributed by atoms with Crippen molar-refractivity contribution in [1.82, 2.24) is 0 Å². The smallest absolute Gasteiger partial charge is 0.0340 e. The summed E-state index contributed by atoms with van der Waals surface area (Å²) in [6, 6.07) is 0. The maximum absolute atomic E-state index is 10.7. The normalized spacial score (nSPS) is 15.8. The molecule has 0 fully saturated rings. The Morgan fingerprint density at radius 2 is 0.281 bits per heavy atom. The van der Waals surface area contributed by atoms with Crippen molar-refractivity contribution in [3.05, 3.63) is 0 Å².